The van der Waals surface area contributed by atoms with E-state index in [1.807, 2.05) is 6.92 Å². The van der Waals surface area contributed by atoms with Crippen molar-refractivity contribution in [3.63, 3.8) is 0 Å². The average Bonchev–Trinajstić information content (AvgIpc) is 2.37. The summed E-state index contributed by atoms with van der Waals surface area (Å²) in [4.78, 5) is 21.4. The Labute approximate surface area is 116 Å². The number of benzene rings is 1. The minimum Gasteiger partial charge on any atom is -0.482 e. The van der Waals surface area contributed by atoms with Crippen molar-refractivity contribution in [3.05, 3.63) is 39.9 Å². The van der Waals surface area contributed by atoms with E-state index in [1.165, 1.54) is 12.1 Å². The van der Waals surface area contributed by atoms with Gasteiger partial charge in [0.1, 0.15) is 12.4 Å². The van der Waals surface area contributed by atoms with Crippen molar-refractivity contribution in [2.45, 2.75) is 32.8 Å². The number of nitro groups is 1. The molecule has 0 saturated heterocycles. The van der Waals surface area contributed by atoms with Gasteiger partial charge in [-0.3, -0.25) is 14.9 Å². The van der Waals surface area contributed by atoms with Crippen LogP contribution in [0.25, 0.3) is 0 Å². The number of hydrogen-bond acceptors (Lipinski definition) is 5. The highest BCUT2D eigenvalue weighted by Crippen LogP contribution is 2.13. The quantitative estimate of drug-likeness (QED) is 0.436. The van der Waals surface area contributed by atoms with Crippen LogP contribution in [0, 0.1) is 10.1 Å². The minimum absolute atomic E-state index is 0.0319. The molecule has 0 aliphatic heterocycles. The fourth-order valence-electron chi connectivity index (χ4n) is 1.46. The molecule has 0 bridgehead atoms. The molecule has 6 heteroatoms. The van der Waals surface area contributed by atoms with Gasteiger partial charge in [0.05, 0.1) is 11.3 Å². The zero-order valence-electron chi connectivity index (χ0n) is 10.6. The van der Waals surface area contributed by atoms with Gasteiger partial charge in [-0.05, 0) is 36.3 Å². The van der Waals surface area contributed by atoms with Crippen LogP contribution in [-0.4, -0.2) is 15.8 Å². The highest BCUT2D eigenvalue weighted by atomic mass is 32.1. The molecule has 102 valence electrons. The molecule has 19 heavy (non-hydrogen) atoms. The summed E-state index contributed by atoms with van der Waals surface area (Å²) in [6.45, 7) is 2.15. The Hall–Kier alpha value is -1.82. The Morgan fingerprint density at radius 1 is 1.37 bits per heavy atom. The van der Waals surface area contributed by atoms with Gasteiger partial charge in [-0.15, -0.1) is 0 Å². The third-order valence-electron chi connectivity index (χ3n) is 2.42. The zero-order valence-corrected chi connectivity index (χ0v) is 11.4. The lowest BCUT2D eigenvalue weighted by molar-refractivity contribution is -0.384. The maximum atomic E-state index is 11.3. The molecule has 0 aromatic heterocycles. The van der Waals surface area contributed by atoms with Gasteiger partial charge in [-0.2, -0.15) is 0 Å². The van der Waals surface area contributed by atoms with Crippen molar-refractivity contribution in [2.24, 2.45) is 0 Å². The molecule has 0 aliphatic carbocycles. The van der Waals surface area contributed by atoms with Crippen LogP contribution in [0.5, 0.6) is 0 Å². The summed E-state index contributed by atoms with van der Waals surface area (Å²) < 4.78 is 5.29. The van der Waals surface area contributed by atoms with Gasteiger partial charge < -0.3 is 4.74 Å². The molecule has 1 aromatic carbocycles. The first-order valence-corrected chi connectivity index (χ1v) is 6.34. The predicted molar refractivity (Wildman–Crippen MR) is 75.0 cm³/mol. The molecule has 0 saturated carbocycles. The Bertz CT molecular complexity index is 470. The number of hydrogen-bond donors (Lipinski definition) is 0. The standard InChI is InChI=1S/C13H15NO4S/c1-2-3-12(15)8-13(19)18-9-10-4-6-11(7-5-10)14(16)17/h4-7H,2-3,8-9H2,1H3. The fraction of sp³-hybridized carbons (Fsp3) is 0.385. The normalized spacial score (nSPS) is 9.95. The largest absolute Gasteiger partial charge is 0.482 e. The topological polar surface area (TPSA) is 69.4 Å². The van der Waals surface area contributed by atoms with Crippen molar-refractivity contribution in [1.29, 1.82) is 0 Å². The van der Waals surface area contributed by atoms with Crippen LogP contribution in [0.15, 0.2) is 24.3 Å². The molecule has 0 unspecified atom stereocenters. The van der Waals surface area contributed by atoms with Crippen molar-refractivity contribution in [2.75, 3.05) is 0 Å². The fourth-order valence-corrected chi connectivity index (χ4v) is 1.68. The number of ether oxygens (including phenoxy) is 1. The first-order valence-electron chi connectivity index (χ1n) is 5.93. The van der Waals surface area contributed by atoms with E-state index in [1.54, 1.807) is 12.1 Å². The van der Waals surface area contributed by atoms with E-state index in [4.69, 9.17) is 17.0 Å². The van der Waals surface area contributed by atoms with Crippen LogP contribution < -0.4 is 0 Å². The summed E-state index contributed by atoms with van der Waals surface area (Å²) >= 11 is 4.96. The third-order valence-corrected chi connectivity index (χ3v) is 2.68. The second-order valence-corrected chi connectivity index (χ2v) is 4.51. The molecule has 1 rings (SSSR count). The van der Waals surface area contributed by atoms with E-state index in [0.29, 0.717) is 6.42 Å². The summed E-state index contributed by atoms with van der Waals surface area (Å²) in [5.41, 5.74) is 0.806. The number of Topliss-reactive ketones (excluding diaryl/α,β-unsaturated/α-hetero) is 1. The number of non-ortho nitro benzene ring substituents is 1. The summed E-state index contributed by atoms with van der Waals surface area (Å²) in [6.07, 6.45) is 1.45. The second-order valence-electron chi connectivity index (χ2n) is 4.05. The monoisotopic (exact) mass is 281 g/mol. The molecule has 0 spiro atoms. The first-order chi connectivity index (χ1) is 9.02. The molecule has 0 aliphatic rings. The van der Waals surface area contributed by atoms with Crippen LogP contribution in [-0.2, 0) is 16.1 Å². The van der Waals surface area contributed by atoms with E-state index < -0.39 is 4.92 Å². The highest BCUT2D eigenvalue weighted by molar-refractivity contribution is 7.80. The van der Waals surface area contributed by atoms with E-state index in [0.717, 1.165) is 12.0 Å². The van der Waals surface area contributed by atoms with E-state index in [2.05, 4.69) is 0 Å². The molecule has 1 aromatic rings. The third kappa shape index (κ3) is 5.56. The van der Waals surface area contributed by atoms with Gasteiger partial charge in [0.2, 0.25) is 0 Å². The van der Waals surface area contributed by atoms with Crippen molar-refractivity contribution >= 4 is 28.7 Å². The molecule has 0 N–H and O–H groups in total. The first kappa shape index (κ1) is 15.2. The number of carbonyl (C=O) groups is 1. The average molecular weight is 281 g/mol. The number of rotatable bonds is 7. The molecular weight excluding hydrogens is 266 g/mol. The second kappa shape index (κ2) is 7.58. The van der Waals surface area contributed by atoms with E-state index in [9.17, 15) is 14.9 Å². The lowest BCUT2D eigenvalue weighted by Gasteiger charge is -2.06. The number of thiocarbonyl (C=S) groups is 1. The lowest BCUT2D eigenvalue weighted by Crippen LogP contribution is -2.09. The number of nitro benzene ring substituents is 1. The van der Waals surface area contributed by atoms with Gasteiger partial charge in [0, 0.05) is 18.6 Å². The summed E-state index contributed by atoms with van der Waals surface area (Å²) in [6, 6.07) is 6.02. The molecule has 0 heterocycles. The summed E-state index contributed by atoms with van der Waals surface area (Å²) in [7, 11) is 0. The number of ketones is 1. The molecule has 0 amide bonds. The molecule has 5 nitrogen and oxygen atoms in total. The maximum absolute atomic E-state index is 11.3. The van der Waals surface area contributed by atoms with Crippen LogP contribution in [0.4, 0.5) is 5.69 Å². The minimum atomic E-state index is -0.460. The van der Waals surface area contributed by atoms with Crippen LogP contribution in [0.3, 0.4) is 0 Å². The number of nitrogens with zero attached hydrogens (tertiary/aromatic N) is 1. The molecule has 0 radical (unpaired) electrons. The highest BCUT2D eigenvalue weighted by Gasteiger charge is 2.08. The SMILES string of the molecule is CCCC(=O)CC(=S)OCc1ccc([N+](=O)[O-])cc1. The van der Waals surface area contributed by atoms with Crippen molar-refractivity contribution in [1.82, 2.24) is 0 Å². The van der Waals surface area contributed by atoms with Crippen LogP contribution in [0.2, 0.25) is 0 Å². The lowest BCUT2D eigenvalue weighted by atomic mass is 10.2. The van der Waals surface area contributed by atoms with Crippen molar-refractivity contribution < 1.29 is 14.5 Å². The van der Waals surface area contributed by atoms with Gasteiger partial charge in [-0.25, -0.2) is 0 Å². The van der Waals surface area contributed by atoms with Gasteiger partial charge >= 0.3 is 0 Å². The Morgan fingerprint density at radius 2 is 2.00 bits per heavy atom. The smallest absolute Gasteiger partial charge is 0.269 e. The zero-order chi connectivity index (χ0) is 14.3. The molecule has 0 fully saturated rings. The molecular formula is C13H15NO4S. The Morgan fingerprint density at radius 3 is 2.53 bits per heavy atom. The van der Waals surface area contributed by atoms with Crippen LogP contribution in [0.1, 0.15) is 31.7 Å². The predicted octanol–water partition coefficient (Wildman–Crippen LogP) is 3.20. The van der Waals surface area contributed by atoms with Crippen LogP contribution >= 0.6 is 12.2 Å². The summed E-state index contributed by atoms with van der Waals surface area (Å²) in [5.74, 6) is 0.0659. The van der Waals surface area contributed by atoms with Crippen molar-refractivity contribution in [3.8, 4) is 0 Å². The Kier molecular flexibility index (Phi) is 6.08. The maximum Gasteiger partial charge on any atom is 0.269 e. The van der Waals surface area contributed by atoms with Gasteiger partial charge in [0.15, 0.2) is 5.05 Å². The summed E-state index contributed by atoms with van der Waals surface area (Å²) in [5, 5.41) is 10.7. The Balaban J connectivity index is 2.42. The van der Waals surface area contributed by atoms with E-state index in [-0.39, 0.29) is 29.5 Å². The molecule has 0 atom stereocenters. The van der Waals surface area contributed by atoms with E-state index >= 15 is 0 Å². The van der Waals surface area contributed by atoms with Gasteiger partial charge in [0.25, 0.3) is 5.69 Å². The van der Waals surface area contributed by atoms with Gasteiger partial charge in [-0.1, -0.05) is 6.92 Å². The number of carbonyl (C=O) groups excluding carboxylic acids is 1.